The molecule has 0 fully saturated rings. The second-order valence-corrected chi connectivity index (χ2v) is 4.90. The molecule has 0 bridgehead atoms. The van der Waals surface area contributed by atoms with E-state index in [-0.39, 0.29) is 0 Å². The standard InChI is InChI=1S/C15H22N4/c1-6-16-15-18-17-14(19(15)7-2)13-11(4)8-10(3)9-12(13)5/h8-9H,6-7H2,1-5H3,(H,16,18). The maximum Gasteiger partial charge on any atom is 0.224 e. The minimum Gasteiger partial charge on any atom is -0.355 e. The molecule has 4 heteroatoms. The molecule has 1 N–H and O–H groups in total. The lowest BCUT2D eigenvalue weighted by atomic mass is 9.99. The molecule has 19 heavy (non-hydrogen) atoms. The van der Waals surface area contributed by atoms with E-state index in [1.165, 1.54) is 22.3 Å². The number of nitrogens with zero attached hydrogens (tertiary/aromatic N) is 3. The molecule has 4 nitrogen and oxygen atoms in total. The summed E-state index contributed by atoms with van der Waals surface area (Å²) in [4.78, 5) is 0. The van der Waals surface area contributed by atoms with Crippen LogP contribution in [0.4, 0.5) is 5.95 Å². The molecule has 0 radical (unpaired) electrons. The molecule has 0 saturated carbocycles. The maximum atomic E-state index is 4.38. The zero-order valence-electron chi connectivity index (χ0n) is 12.4. The van der Waals surface area contributed by atoms with Crippen LogP contribution in [0.5, 0.6) is 0 Å². The summed E-state index contributed by atoms with van der Waals surface area (Å²) in [6.45, 7) is 12.3. The van der Waals surface area contributed by atoms with Crippen LogP contribution in [0, 0.1) is 20.8 Å². The fraction of sp³-hybridized carbons (Fsp3) is 0.467. The van der Waals surface area contributed by atoms with Crippen molar-refractivity contribution in [1.82, 2.24) is 14.8 Å². The number of aromatic nitrogens is 3. The van der Waals surface area contributed by atoms with Gasteiger partial charge in [0.05, 0.1) is 0 Å². The number of anilines is 1. The van der Waals surface area contributed by atoms with Crippen molar-refractivity contribution in [3.05, 3.63) is 28.8 Å². The predicted molar refractivity (Wildman–Crippen MR) is 79.5 cm³/mol. The van der Waals surface area contributed by atoms with Crippen LogP contribution < -0.4 is 5.32 Å². The van der Waals surface area contributed by atoms with Gasteiger partial charge < -0.3 is 5.32 Å². The van der Waals surface area contributed by atoms with Crippen LogP contribution in [-0.4, -0.2) is 21.3 Å². The number of aryl methyl sites for hydroxylation is 3. The molecule has 0 spiro atoms. The van der Waals surface area contributed by atoms with E-state index >= 15 is 0 Å². The molecule has 1 aromatic carbocycles. The Morgan fingerprint density at radius 1 is 1.05 bits per heavy atom. The van der Waals surface area contributed by atoms with E-state index in [4.69, 9.17) is 0 Å². The predicted octanol–water partition coefficient (Wildman–Crippen LogP) is 3.32. The Labute approximate surface area is 114 Å². The summed E-state index contributed by atoms with van der Waals surface area (Å²) >= 11 is 0. The first-order valence-electron chi connectivity index (χ1n) is 6.83. The summed E-state index contributed by atoms with van der Waals surface area (Å²) in [6.07, 6.45) is 0. The SMILES string of the molecule is CCNc1nnc(-c2c(C)cc(C)cc2C)n1CC. The fourth-order valence-electron chi connectivity index (χ4n) is 2.61. The summed E-state index contributed by atoms with van der Waals surface area (Å²) in [7, 11) is 0. The molecular weight excluding hydrogens is 236 g/mol. The minimum atomic E-state index is 0.847. The summed E-state index contributed by atoms with van der Waals surface area (Å²) < 4.78 is 2.13. The zero-order valence-corrected chi connectivity index (χ0v) is 12.4. The molecule has 1 heterocycles. The van der Waals surface area contributed by atoms with E-state index in [0.29, 0.717) is 0 Å². The zero-order chi connectivity index (χ0) is 14.0. The van der Waals surface area contributed by atoms with Gasteiger partial charge in [-0.2, -0.15) is 0 Å². The normalized spacial score (nSPS) is 10.8. The first-order valence-corrected chi connectivity index (χ1v) is 6.83. The highest BCUT2D eigenvalue weighted by Crippen LogP contribution is 2.28. The van der Waals surface area contributed by atoms with Gasteiger partial charge in [-0.25, -0.2) is 0 Å². The molecular formula is C15H22N4. The van der Waals surface area contributed by atoms with Gasteiger partial charge in [-0.1, -0.05) is 17.7 Å². The van der Waals surface area contributed by atoms with Gasteiger partial charge in [-0.05, 0) is 45.7 Å². The van der Waals surface area contributed by atoms with E-state index in [1.807, 2.05) is 0 Å². The van der Waals surface area contributed by atoms with E-state index in [9.17, 15) is 0 Å². The monoisotopic (exact) mass is 258 g/mol. The highest BCUT2D eigenvalue weighted by Gasteiger charge is 2.16. The molecule has 2 aromatic rings. The first-order chi connectivity index (χ1) is 9.08. The van der Waals surface area contributed by atoms with Crippen LogP contribution in [0.1, 0.15) is 30.5 Å². The third-order valence-corrected chi connectivity index (χ3v) is 3.30. The number of hydrogen-bond donors (Lipinski definition) is 1. The molecule has 0 saturated heterocycles. The largest absolute Gasteiger partial charge is 0.355 e. The average molecular weight is 258 g/mol. The van der Waals surface area contributed by atoms with Gasteiger partial charge in [0.25, 0.3) is 0 Å². The van der Waals surface area contributed by atoms with Crippen LogP contribution in [0.3, 0.4) is 0 Å². The van der Waals surface area contributed by atoms with Crippen LogP contribution >= 0.6 is 0 Å². The number of nitrogens with one attached hydrogen (secondary N) is 1. The van der Waals surface area contributed by atoms with E-state index < -0.39 is 0 Å². The number of rotatable bonds is 4. The van der Waals surface area contributed by atoms with Gasteiger partial charge in [-0.15, -0.1) is 10.2 Å². The number of hydrogen-bond acceptors (Lipinski definition) is 3. The van der Waals surface area contributed by atoms with Gasteiger partial charge in [0.15, 0.2) is 5.82 Å². The van der Waals surface area contributed by atoms with Gasteiger partial charge in [0, 0.05) is 18.7 Å². The molecule has 0 amide bonds. The highest BCUT2D eigenvalue weighted by molar-refractivity contribution is 5.66. The van der Waals surface area contributed by atoms with Crippen LogP contribution in [0.2, 0.25) is 0 Å². The van der Waals surface area contributed by atoms with Gasteiger partial charge in [0.1, 0.15) is 0 Å². The van der Waals surface area contributed by atoms with Crippen LogP contribution in [0.15, 0.2) is 12.1 Å². The Balaban J connectivity index is 2.59. The summed E-state index contributed by atoms with van der Waals surface area (Å²) in [5.74, 6) is 1.80. The molecule has 0 aliphatic rings. The Kier molecular flexibility index (Phi) is 3.88. The van der Waals surface area contributed by atoms with Gasteiger partial charge >= 0.3 is 0 Å². The van der Waals surface area contributed by atoms with E-state index in [0.717, 1.165) is 24.9 Å². The highest BCUT2D eigenvalue weighted by atomic mass is 15.3. The lowest BCUT2D eigenvalue weighted by Gasteiger charge is -2.13. The van der Waals surface area contributed by atoms with Gasteiger partial charge in [-0.3, -0.25) is 4.57 Å². The first kappa shape index (κ1) is 13.6. The molecule has 102 valence electrons. The molecule has 0 unspecified atom stereocenters. The van der Waals surface area contributed by atoms with Gasteiger partial charge in [0.2, 0.25) is 5.95 Å². The van der Waals surface area contributed by atoms with Crippen LogP contribution in [-0.2, 0) is 6.54 Å². The second kappa shape index (κ2) is 5.43. The third-order valence-electron chi connectivity index (χ3n) is 3.30. The molecule has 0 aliphatic carbocycles. The topological polar surface area (TPSA) is 42.7 Å². The Bertz CT molecular complexity index is 561. The average Bonchev–Trinajstić information content (AvgIpc) is 2.71. The quantitative estimate of drug-likeness (QED) is 0.914. The van der Waals surface area contributed by atoms with Crippen molar-refractivity contribution < 1.29 is 0 Å². The smallest absolute Gasteiger partial charge is 0.224 e. The van der Waals surface area contributed by atoms with Crippen molar-refractivity contribution in [2.75, 3.05) is 11.9 Å². The molecule has 0 aliphatic heterocycles. The van der Waals surface area contributed by atoms with E-state index in [2.05, 4.69) is 66.8 Å². The fourth-order valence-corrected chi connectivity index (χ4v) is 2.61. The van der Waals surface area contributed by atoms with Crippen molar-refractivity contribution in [3.8, 4) is 11.4 Å². The lowest BCUT2D eigenvalue weighted by molar-refractivity contribution is 0.769. The Morgan fingerprint density at radius 2 is 1.68 bits per heavy atom. The summed E-state index contributed by atoms with van der Waals surface area (Å²) in [6, 6.07) is 4.40. The molecule has 2 rings (SSSR count). The Morgan fingerprint density at radius 3 is 2.21 bits per heavy atom. The summed E-state index contributed by atoms with van der Waals surface area (Å²) in [5, 5.41) is 11.9. The van der Waals surface area contributed by atoms with Crippen molar-refractivity contribution in [1.29, 1.82) is 0 Å². The third kappa shape index (κ3) is 2.48. The van der Waals surface area contributed by atoms with Crippen molar-refractivity contribution in [2.45, 2.75) is 41.2 Å². The molecule has 1 aromatic heterocycles. The maximum absolute atomic E-state index is 4.38. The van der Waals surface area contributed by atoms with Crippen molar-refractivity contribution >= 4 is 5.95 Å². The Hall–Kier alpha value is -1.84. The lowest BCUT2D eigenvalue weighted by Crippen LogP contribution is -2.07. The van der Waals surface area contributed by atoms with Crippen molar-refractivity contribution in [2.24, 2.45) is 0 Å². The number of benzene rings is 1. The van der Waals surface area contributed by atoms with Crippen molar-refractivity contribution in [3.63, 3.8) is 0 Å². The van der Waals surface area contributed by atoms with Crippen LogP contribution in [0.25, 0.3) is 11.4 Å². The minimum absolute atomic E-state index is 0.847. The second-order valence-electron chi connectivity index (χ2n) is 4.90. The van der Waals surface area contributed by atoms with E-state index in [1.54, 1.807) is 0 Å². The molecule has 0 atom stereocenters. The summed E-state index contributed by atoms with van der Waals surface area (Å²) in [5.41, 5.74) is 4.99.